The fourth-order valence-electron chi connectivity index (χ4n) is 1.98. The number of aliphatic hydroxyl groups is 1. The molecule has 1 aliphatic heterocycles. The maximum absolute atomic E-state index is 12.0. The first kappa shape index (κ1) is 13.8. The van der Waals surface area contributed by atoms with E-state index in [9.17, 15) is 4.79 Å². The molecule has 3 unspecified atom stereocenters. The average Bonchev–Trinajstić information content (AvgIpc) is 2.68. The van der Waals surface area contributed by atoms with Crippen molar-refractivity contribution in [1.82, 2.24) is 10.6 Å². The summed E-state index contributed by atoms with van der Waals surface area (Å²) >= 11 is 1.58. The van der Waals surface area contributed by atoms with Crippen LogP contribution in [0.1, 0.15) is 26.7 Å². The van der Waals surface area contributed by atoms with Gasteiger partial charge < -0.3 is 15.7 Å². The molecule has 16 heavy (non-hydrogen) atoms. The molecule has 1 rings (SSSR count). The van der Waals surface area contributed by atoms with E-state index in [1.165, 1.54) is 0 Å². The maximum Gasteiger partial charge on any atom is 0.240 e. The Hall–Kier alpha value is -0.260. The fraction of sp³-hybridized carbons (Fsp3) is 0.909. The lowest BCUT2D eigenvalue weighted by Gasteiger charge is -2.28. The third kappa shape index (κ3) is 3.12. The van der Waals surface area contributed by atoms with Gasteiger partial charge in [0.1, 0.15) is 0 Å². The first-order chi connectivity index (χ1) is 7.53. The fourth-order valence-corrected chi connectivity index (χ4v) is 2.61. The summed E-state index contributed by atoms with van der Waals surface area (Å²) in [7, 11) is 0. The first-order valence-corrected chi connectivity index (χ1v) is 7.02. The van der Waals surface area contributed by atoms with Crippen LogP contribution < -0.4 is 10.6 Å². The average molecular weight is 246 g/mol. The largest absolute Gasteiger partial charge is 0.395 e. The van der Waals surface area contributed by atoms with E-state index >= 15 is 0 Å². The van der Waals surface area contributed by atoms with Crippen molar-refractivity contribution in [3.8, 4) is 0 Å². The van der Waals surface area contributed by atoms with Gasteiger partial charge >= 0.3 is 0 Å². The van der Waals surface area contributed by atoms with E-state index in [1.807, 2.05) is 20.1 Å². The highest BCUT2D eigenvalue weighted by Gasteiger charge is 2.36. The Labute approximate surface area is 102 Å². The molecule has 5 heteroatoms. The summed E-state index contributed by atoms with van der Waals surface area (Å²) in [5.74, 6) is 0.0463. The zero-order valence-corrected chi connectivity index (χ0v) is 11.1. The molecule has 0 radical (unpaired) electrons. The van der Waals surface area contributed by atoms with Crippen molar-refractivity contribution in [3.63, 3.8) is 0 Å². The van der Waals surface area contributed by atoms with E-state index in [2.05, 4.69) is 10.6 Å². The van der Waals surface area contributed by atoms with Gasteiger partial charge in [-0.25, -0.2) is 0 Å². The summed E-state index contributed by atoms with van der Waals surface area (Å²) in [6, 6.07) is -0.00766. The summed E-state index contributed by atoms with van der Waals surface area (Å²) in [6.07, 6.45) is 3.87. The predicted octanol–water partition coefficient (Wildman–Crippen LogP) is 0.357. The van der Waals surface area contributed by atoms with Crippen molar-refractivity contribution in [2.75, 3.05) is 19.4 Å². The Kier molecular flexibility index (Phi) is 5.08. The molecule has 1 aliphatic rings. The molecule has 1 saturated heterocycles. The highest BCUT2D eigenvalue weighted by atomic mass is 32.2. The molecular weight excluding hydrogens is 224 g/mol. The molecule has 0 aromatic rings. The number of carbonyl (C=O) groups is 1. The number of nitrogens with one attached hydrogen (secondary N) is 2. The SMILES string of the molecule is CSC(CO)C(C)NC(=O)C1(C)CCCN1. The minimum Gasteiger partial charge on any atom is -0.395 e. The molecule has 0 aliphatic carbocycles. The normalized spacial score (nSPS) is 28.8. The Morgan fingerprint density at radius 2 is 2.38 bits per heavy atom. The van der Waals surface area contributed by atoms with Crippen LogP contribution in [-0.2, 0) is 4.79 Å². The molecule has 0 aromatic heterocycles. The monoisotopic (exact) mass is 246 g/mol. The highest BCUT2D eigenvalue weighted by Crippen LogP contribution is 2.19. The molecule has 0 saturated carbocycles. The van der Waals surface area contributed by atoms with Crippen LogP contribution in [0.2, 0.25) is 0 Å². The molecule has 0 spiro atoms. The second kappa shape index (κ2) is 5.89. The van der Waals surface area contributed by atoms with Crippen molar-refractivity contribution in [1.29, 1.82) is 0 Å². The van der Waals surface area contributed by atoms with E-state index in [0.29, 0.717) is 0 Å². The summed E-state index contributed by atoms with van der Waals surface area (Å²) in [4.78, 5) is 12.0. The van der Waals surface area contributed by atoms with Crippen LogP contribution in [0, 0.1) is 0 Å². The molecule has 1 fully saturated rings. The van der Waals surface area contributed by atoms with Gasteiger partial charge in [0, 0.05) is 11.3 Å². The molecule has 0 aromatic carbocycles. The van der Waals surface area contributed by atoms with Crippen LogP contribution in [0.25, 0.3) is 0 Å². The number of thioether (sulfide) groups is 1. The standard InChI is InChI=1S/C11H22N2O2S/c1-8(9(7-14)16-3)13-10(15)11(2)5-4-6-12-11/h8-9,12,14H,4-7H2,1-3H3,(H,13,15). The third-order valence-corrected chi connectivity index (χ3v) is 4.43. The minimum absolute atomic E-state index is 0.00766. The van der Waals surface area contributed by atoms with Gasteiger partial charge in [-0.05, 0) is 39.5 Å². The van der Waals surface area contributed by atoms with Crippen LogP contribution in [0.15, 0.2) is 0 Å². The molecule has 3 atom stereocenters. The number of hydrogen-bond donors (Lipinski definition) is 3. The molecule has 3 N–H and O–H groups in total. The molecule has 94 valence electrons. The topological polar surface area (TPSA) is 61.4 Å². The van der Waals surface area contributed by atoms with Gasteiger partial charge in [-0.1, -0.05) is 0 Å². The molecule has 1 heterocycles. The van der Waals surface area contributed by atoms with E-state index in [4.69, 9.17) is 5.11 Å². The van der Waals surface area contributed by atoms with Gasteiger partial charge in [0.05, 0.1) is 12.1 Å². The van der Waals surface area contributed by atoms with Crippen molar-refractivity contribution < 1.29 is 9.90 Å². The lowest BCUT2D eigenvalue weighted by Crippen LogP contribution is -2.55. The second-order valence-electron chi connectivity index (χ2n) is 4.58. The lowest BCUT2D eigenvalue weighted by molar-refractivity contribution is -0.127. The number of rotatable bonds is 5. The van der Waals surface area contributed by atoms with Crippen molar-refractivity contribution >= 4 is 17.7 Å². The van der Waals surface area contributed by atoms with E-state index in [1.54, 1.807) is 11.8 Å². The van der Waals surface area contributed by atoms with E-state index < -0.39 is 5.54 Å². The van der Waals surface area contributed by atoms with Crippen LogP contribution >= 0.6 is 11.8 Å². The molecule has 1 amide bonds. The zero-order valence-electron chi connectivity index (χ0n) is 10.2. The first-order valence-electron chi connectivity index (χ1n) is 5.73. The Bertz CT molecular complexity index is 238. The van der Waals surface area contributed by atoms with Crippen LogP contribution in [0.3, 0.4) is 0 Å². The van der Waals surface area contributed by atoms with Crippen LogP contribution in [-0.4, -0.2) is 47.3 Å². The van der Waals surface area contributed by atoms with Crippen molar-refractivity contribution in [3.05, 3.63) is 0 Å². The van der Waals surface area contributed by atoms with Gasteiger partial charge in [-0.2, -0.15) is 11.8 Å². The van der Waals surface area contributed by atoms with E-state index in [0.717, 1.165) is 19.4 Å². The second-order valence-corrected chi connectivity index (χ2v) is 5.66. The van der Waals surface area contributed by atoms with Gasteiger partial charge in [0.15, 0.2) is 0 Å². The van der Waals surface area contributed by atoms with E-state index in [-0.39, 0.29) is 23.8 Å². The quantitative estimate of drug-likeness (QED) is 0.655. The molecule has 0 bridgehead atoms. The van der Waals surface area contributed by atoms with Crippen LogP contribution in [0.5, 0.6) is 0 Å². The summed E-state index contributed by atoms with van der Waals surface area (Å²) in [5.41, 5.74) is -0.424. The maximum atomic E-state index is 12.0. The number of aliphatic hydroxyl groups excluding tert-OH is 1. The summed E-state index contributed by atoms with van der Waals surface area (Å²) < 4.78 is 0. The Balaban J connectivity index is 2.50. The van der Waals surface area contributed by atoms with Crippen LogP contribution in [0.4, 0.5) is 0 Å². The number of hydrogen-bond acceptors (Lipinski definition) is 4. The molecule has 4 nitrogen and oxygen atoms in total. The van der Waals surface area contributed by atoms with Gasteiger partial charge in [-0.15, -0.1) is 0 Å². The smallest absolute Gasteiger partial charge is 0.240 e. The lowest BCUT2D eigenvalue weighted by atomic mass is 9.99. The van der Waals surface area contributed by atoms with Crippen molar-refractivity contribution in [2.24, 2.45) is 0 Å². The predicted molar refractivity (Wildman–Crippen MR) is 67.6 cm³/mol. The van der Waals surface area contributed by atoms with Gasteiger partial charge in [-0.3, -0.25) is 4.79 Å². The Morgan fingerprint density at radius 1 is 1.69 bits per heavy atom. The van der Waals surface area contributed by atoms with Crippen molar-refractivity contribution in [2.45, 2.75) is 43.5 Å². The highest BCUT2D eigenvalue weighted by molar-refractivity contribution is 7.99. The zero-order chi connectivity index (χ0) is 12.2. The van der Waals surface area contributed by atoms with Gasteiger partial charge in [0.25, 0.3) is 0 Å². The molecular formula is C11H22N2O2S. The number of amides is 1. The number of carbonyl (C=O) groups excluding carboxylic acids is 1. The minimum atomic E-state index is -0.424. The summed E-state index contributed by atoms with van der Waals surface area (Å²) in [5, 5.41) is 15.4. The Morgan fingerprint density at radius 3 is 2.81 bits per heavy atom. The van der Waals surface area contributed by atoms with Gasteiger partial charge in [0.2, 0.25) is 5.91 Å². The third-order valence-electron chi connectivity index (χ3n) is 3.27. The summed E-state index contributed by atoms with van der Waals surface area (Å²) in [6.45, 7) is 4.87.